The Kier molecular flexibility index (Phi) is 5.09. The Hall–Kier alpha value is -3.79. The predicted molar refractivity (Wildman–Crippen MR) is 116 cm³/mol. The third kappa shape index (κ3) is 3.43. The summed E-state index contributed by atoms with van der Waals surface area (Å²) in [6.07, 6.45) is 1.30. The summed E-state index contributed by atoms with van der Waals surface area (Å²) in [5.41, 5.74) is 6.28. The lowest BCUT2D eigenvalue weighted by molar-refractivity contribution is 0.0972. The highest BCUT2D eigenvalue weighted by Gasteiger charge is 2.36. The van der Waals surface area contributed by atoms with Gasteiger partial charge in [0.1, 0.15) is 17.6 Å². The largest absolute Gasteiger partial charge is 0.374 e. The number of carbonyl (C=O) groups is 2. The Morgan fingerprint density at radius 1 is 1.06 bits per heavy atom. The maximum absolute atomic E-state index is 14.5. The number of nitrogens with two attached hydrogens (primary N) is 1. The summed E-state index contributed by atoms with van der Waals surface area (Å²) in [6.45, 7) is 0.985. The van der Waals surface area contributed by atoms with Crippen molar-refractivity contribution in [3.05, 3.63) is 71.1 Å². The second-order valence-electron chi connectivity index (χ2n) is 8.06. The minimum absolute atomic E-state index is 0.0990. The summed E-state index contributed by atoms with van der Waals surface area (Å²) in [6, 6.07) is 10.4. The lowest BCUT2D eigenvalue weighted by Gasteiger charge is -2.29. The van der Waals surface area contributed by atoms with Gasteiger partial charge in [0.15, 0.2) is 17.3 Å². The second kappa shape index (κ2) is 7.96. The van der Waals surface area contributed by atoms with E-state index >= 15 is 0 Å². The van der Waals surface area contributed by atoms with Gasteiger partial charge in [-0.1, -0.05) is 6.07 Å². The summed E-state index contributed by atoms with van der Waals surface area (Å²) in [5, 5.41) is 14.1. The molecule has 1 aromatic heterocycles. The number of anilines is 2. The lowest BCUT2D eigenvalue weighted by Crippen LogP contribution is -2.39. The molecule has 2 aliphatic rings. The SMILES string of the molecule is NC(=O)c1nn(-c2c(F)cccc2F)c2c1CCN(c1ccc(N3CCCC3O)cc1)C2=O. The van der Waals surface area contributed by atoms with E-state index in [9.17, 15) is 23.5 Å². The molecule has 0 bridgehead atoms. The van der Waals surface area contributed by atoms with Gasteiger partial charge in [0.05, 0.1) is 0 Å². The molecule has 0 saturated carbocycles. The first-order valence-corrected chi connectivity index (χ1v) is 10.6. The van der Waals surface area contributed by atoms with Crippen LogP contribution in [0.2, 0.25) is 0 Å². The highest BCUT2D eigenvalue weighted by atomic mass is 19.1. The third-order valence-electron chi connectivity index (χ3n) is 6.11. The number of hydrogen-bond acceptors (Lipinski definition) is 5. The average Bonchev–Trinajstić information content (AvgIpc) is 3.39. The molecule has 0 radical (unpaired) electrons. The van der Waals surface area contributed by atoms with E-state index in [-0.39, 0.29) is 29.9 Å². The van der Waals surface area contributed by atoms with Crippen LogP contribution in [0, 0.1) is 11.6 Å². The van der Waals surface area contributed by atoms with E-state index in [0.29, 0.717) is 12.1 Å². The Morgan fingerprint density at radius 3 is 2.33 bits per heavy atom. The Labute approximate surface area is 187 Å². The average molecular weight is 453 g/mol. The standard InChI is InChI=1S/C23H21F2N5O3/c24-16-3-1-4-17(25)21(16)30-20-15(19(27-30)22(26)32)10-12-29(23(20)33)14-8-6-13(7-9-14)28-11-2-5-18(28)31/h1,3-4,6-9,18,31H,2,5,10-12H2,(H2,26,32). The van der Waals surface area contributed by atoms with Crippen LogP contribution in [-0.2, 0) is 6.42 Å². The molecular formula is C23H21F2N5O3. The molecule has 33 heavy (non-hydrogen) atoms. The smallest absolute Gasteiger partial charge is 0.277 e. The van der Waals surface area contributed by atoms with Crippen molar-refractivity contribution in [1.29, 1.82) is 0 Å². The highest BCUT2D eigenvalue weighted by Crippen LogP contribution is 2.32. The number of hydrogen-bond donors (Lipinski definition) is 2. The van der Waals surface area contributed by atoms with E-state index in [0.717, 1.165) is 35.5 Å². The van der Waals surface area contributed by atoms with Crippen LogP contribution < -0.4 is 15.5 Å². The Bertz CT molecular complexity index is 1240. The van der Waals surface area contributed by atoms with Gasteiger partial charge in [-0.3, -0.25) is 9.59 Å². The molecule has 8 nitrogen and oxygen atoms in total. The number of benzene rings is 2. The maximum atomic E-state index is 14.5. The van der Waals surface area contributed by atoms with Crippen LogP contribution in [0.15, 0.2) is 42.5 Å². The zero-order valence-corrected chi connectivity index (χ0v) is 17.5. The van der Waals surface area contributed by atoms with Crippen LogP contribution in [0.4, 0.5) is 20.2 Å². The van der Waals surface area contributed by atoms with Crippen LogP contribution in [-0.4, -0.2) is 46.0 Å². The van der Waals surface area contributed by atoms with E-state index in [2.05, 4.69) is 5.10 Å². The monoisotopic (exact) mass is 453 g/mol. The van der Waals surface area contributed by atoms with Crippen LogP contribution in [0.3, 0.4) is 0 Å². The fourth-order valence-electron chi connectivity index (χ4n) is 4.53. The molecular weight excluding hydrogens is 432 g/mol. The molecule has 10 heteroatoms. The van der Waals surface area contributed by atoms with Crippen molar-refractivity contribution < 1.29 is 23.5 Å². The van der Waals surface area contributed by atoms with Gasteiger partial charge in [0, 0.05) is 30.0 Å². The van der Waals surface area contributed by atoms with Gasteiger partial charge in [0.2, 0.25) is 0 Å². The molecule has 2 amide bonds. The number of para-hydroxylation sites is 1. The molecule has 1 saturated heterocycles. The summed E-state index contributed by atoms with van der Waals surface area (Å²) in [5.74, 6) is -3.27. The molecule has 3 N–H and O–H groups in total. The van der Waals surface area contributed by atoms with Crippen molar-refractivity contribution in [2.75, 3.05) is 22.9 Å². The normalized spacial score (nSPS) is 18.0. The van der Waals surface area contributed by atoms with Crippen molar-refractivity contribution in [2.45, 2.75) is 25.5 Å². The molecule has 1 atom stereocenters. The number of aliphatic hydroxyl groups is 1. The van der Waals surface area contributed by atoms with Crippen molar-refractivity contribution in [1.82, 2.24) is 9.78 Å². The highest BCUT2D eigenvalue weighted by molar-refractivity contribution is 6.09. The van der Waals surface area contributed by atoms with Crippen molar-refractivity contribution in [2.24, 2.45) is 5.73 Å². The molecule has 2 aliphatic heterocycles. The van der Waals surface area contributed by atoms with E-state index in [1.54, 1.807) is 12.1 Å². The van der Waals surface area contributed by atoms with Gasteiger partial charge in [-0.2, -0.15) is 5.10 Å². The van der Waals surface area contributed by atoms with Crippen LogP contribution in [0.5, 0.6) is 0 Å². The van der Waals surface area contributed by atoms with Crippen molar-refractivity contribution in [3.8, 4) is 5.69 Å². The van der Waals surface area contributed by atoms with Gasteiger partial charge >= 0.3 is 0 Å². The quantitative estimate of drug-likeness (QED) is 0.631. The Balaban J connectivity index is 1.55. The van der Waals surface area contributed by atoms with Crippen LogP contribution in [0.1, 0.15) is 39.4 Å². The number of aromatic nitrogens is 2. The number of amides is 2. The predicted octanol–water partition coefficient (Wildman–Crippen LogP) is 2.37. The maximum Gasteiger partial charge on any atom is 0.277 e. The number of aliphatic hydroxyl groups excluding tert-OH is 1. The number of carbonyl (C=O) groups excluding carboxylic acids is 2. The van der Waals surface area contributed by atoms with Gasteiger partial charge in [-0.25, -0.2) is 13.5 Å². The van der Waals surface area contributed by atoms with E-state index < -0.39 is 35.4 Å². The van der Waals surface area contributed by atoms with Crippen LogP contribution in [0.25, 0.3) is 5.69 Å². The first-order valence-electron chi connectivity index (χ1n) is 10.6. The van der Waals surface area contributed by atoms with Gasteiger partial charge in [0.25, 0.3) is 11.8 Å². The number of primary amides is 1. The molecule has 3 heterocycles. The van der Waals surface area contributed by atoms with Gasteiger partial charge in [-0.15, -0.1) is 0 Å². The first kappa shape index (κ1) is 21.1. The number of nitrogens with zero attached hydrogens (tertiary/aromatic N) is 4. The Morgan fingerprint density at radius 2 is 1.73 bits per heavy atom. The summed E-state index contributed by atoms with van der Waals surface area (Å²) in [4.78, 5) is 28.8. The molecule has 1 fully saturated rings. The topological polar surface area (TPSA) is 105 Å². The summed E-state index contributed by atoms with van der Waals surface area (Å²) < 4.78 is 29.9. The molecule has 5 rings (SSSR count). The minimum atomic E-state index is -0.922. The fourth-order valence-corrected chi connectivity index (χ4v) is 4.53. The van der Waals surface area contributed by atoms with E-state index in [1.165, 1.54) is 11.0 Å². The number of halogens is 2. The minimum Gasteiger partial charge on any atom is -0.374 e. The number of fused-ring (bicyclic) bond motifs is 1. The van der Waals surface area contributed by atoms with E-state index in [1.807, 2.05) is 17.0 Å². The molecule has 170 valence electrons. The first-order chi connectivity index (χ1) is 15.9. The van der Waals surface area contributed by atoms with E-state index in [4.69, 9.17) is 5.73 Å². The third-order valence-corrected chi connectivity index (χ3v) is 6.11. The summed E-state index contributed by atoms with van der Waals surface area (Å²) in [7, 11) is 0. The molecule has 1 unspecified atom stereocenters. The second-order valence-corrected chi connectivity index (χ2v) is 8.06. The molecule has 2 aromatic carbocycles. The summed E-state index contributed by atoms with van der Waals surface area (Å²) >= 11 is 0. The molecule has 0 spiro atoms. The van der Waals surface area contributed by atoms with Gasteiger partial charge in [-0.05, 0) is 55.7 Å². The lowest BCUT2D eigenvalue weighted by atomic mass is 10.0. The zero-order valence-electron chi connectivity index (χ0n) is 17.5. The number of rotatable bonds is 4. The molecule has 3 aromatic rings. The fraction of sp³-hybridized carbons (Fsp3) is 0.261. The van der Waals surface area contributed by atoms with Crippen LogP contribution >= 0.6 is 0 Å². The van der Waals surface area contributed by atoms with Gasteiger partial charge < -0.3 is 20.6 Å². The molecule has 0 aliphatic carbocycles. The van der Waals surface area contributed by atoms with Crippen molar-refractivity contribution in [3.63, 3.8) is 0 Å². The zero-order chi connectivity index (χ0) is 23.3. The van der Waals surface area contributed by atoms with Crippen molar-refractivity contribution >= 4 is 23.2 Å².